The number of aromatic nitrogens is 3. The quantitative estimate of drug-likeness (QED) is 0.373. The van der Waals surface area contributed by atoms with Crippen molar-refractivity contribution in [3.8, 4) is 0 Å². The number of aromatic amines is 1. The van der Waals surface area contributed by atoms with E-state index < -0.39 is 4.92 Å². The van der Waals surface area contributed by atoms with Gasteiger partial charge in [-0.3, -0.25) is 20.0 Å². The number of nitrogens with zero attached hydrogens (tertiary/aromatic N) is 3. The number of carbonyl (C=O) groups excluding carboxylic acids is 1. The first-order chi connectivity index (χ1) is 12.1. The number of amides is 1. The van der Waals surface area contributed by atoms with Crippen molar-refractivity contribution in [2.75, 3.05) is 11.1 Å². The number of hydrogen-bond donors (Lipinski definition) is 2. The average molecular weight is 375 g/mol. The van der Waals surface area contributed by atoms with Crippen LogP contribution in [0.3, 0.4) is 0 Å². The Balaban J connectivity index is 1.54. The number of carbonyl (C=O) groups is 1. The van der Waals surface area contributed by atoms with E-state index in [1.165, 1.54) is 17.0 Å². The van der Waals surface area contributed by atoms with Gasteiger partial charge in [0.15, 0.2) is 0 Å². The molecule has 0 fully saturated rings. The molecule has 3 rings (SSSR count). The van der Waals surface area contributed by atoms with Crippen molar-refractivity contribution in [2.24, 2.45) is 0 Å². The summed E-state index contributed by atoms with van der Waals surface area (Å²) in [6, 6.07) is 9.99. The summed E-state index contributed by atoms with van der Waals surface area (Å²) in [6.07, 6.45) is 0.660. The molecule has 2 heterocycles. The largest absolute Gasteiger partial charge is 0.320 e. The van der Waals surface area contributed by atoms with E-state index in [0.29, 0.717) is 11.6 Å². The van der Waals surface area contributed by atoms with Crippen LogP contribution in [0, 0.1) is 10.1 Å². The third-order valence-corrected chi connectivity index (χ3v) is 4.86. The van der Waals surface area contributed by atoms with Gasteiger partial charge >= 0.3 is 0 Å². The molecule has 0 saturated carbocycles. The molecule has 8 nitrogen and oxygen atoms in total. The van der Waals surface area contributed by atoms with Crippen LogP contribution in [0.1, 0.15) is 10.7 Å². The van der Waals surface area contributed by atoms with Crippen molar-refractivity contribution in [3.05, 3.63) is 62.6 Å². The molecule has 0 unspecified atom stereocenters. The van der Waals surface area contributed by atoms with E-state index >= 15 is 0 Å². The molecule has 1 aromatic carbocycles. The molecule has 0 radical (unpaired) electrons. The molecule has 2 aromatic heterocycles. The van der Waals surface area contributed by atoms with Gasteiger partial charge in [-0.15, -0.1) is 16.4 Å². The summed E-state index contributed by atoms with van der Waals surface area (Å²) < 4.78 is 0. The number of benzene rings is 1. The first-order valence-corrected chi connectivity index (χ1v) is 9.08. The number of nitrogens with one attached hydrogen (secondary N) is 2. The van der Waals surface area contributed by atoms with Crippen LogP contribution >= 0.6 is 23.1 Å². The number of nitro benzene ring substituents is 1. The van der Waals surface area contributed by atoms with E-state index in [2.05, 4.69) is 20.5 Å². The van der Waals surface area contributed by atoms with Gasteiger partial charge in [0.25, 0.3) is 5.69 Å². The highest BCUT2D eigenvalue weighted by molar-refractivity contribution is 7.99. The van der Waals surface area contributed by atoms with Gasteiger partial charge < -0.3 is 5.32 Å². The molecule has 128 valence electrons. The third kappa shape index (κ3) is 4.64. The summed E-state index contributed by atoms with van der Waals surface area (Å²) in [5, 5.41) is 22.8. The smallest absolute Gasteiger partial charge is 0.292 e. The molecule has 0 spiro atoms. The minimum Gasteiger partial charge on any atom is -0.320 e. The molecular formula is C15H13N5O3S2. The van der Waals surface area contributed by atoms with E-state index in [1.54, 1.807) is 23.5 Å². The van der Waals surface area contributed by atoms with E-state index in [4.69, 9.17) is 0 Å². The molecule has 0 aliphatic rings. The Labute approximate surface area is 150 Å². The number of hydrogen-bond acceptors (Lipinski definition) is 7. The van der Waals surface area contributed by atoms with E-state index in [-0.39, 0.29) is 23.0 Å². The maximum Gasteiger partial charge on any atom is 0.292 e. The molecule has 0 atom stereocenters. The zero-order valence-electron chi connectivity index (χ0n) is 12.8. The van der Waals surface area contributed by atoms with Crippen LogP contribution in [0.15, 0.2) is 46.9 Å². The van der Waals surface area contributed by atoms with Crippen LogP contribution in [0.2, 0.25) is 0 Å². The normalized spacial score (nSPS) is 10.6. The molecule has 0 aliphatic heterocycles. The SMILES string of the molecule is O=C(CSc1n[nH]c(Cc2cccs2)n1)Nc1ccccc1[N+](=O)[O-]. The topological polar surface area (TPSA) is 114 Å². The average Bonchev–Trinajstić information content (AvgIpc) is 3.26. The zero-order valence-corrected chi connectivity index (χ0v) is 14.5. The van der Waals surface area contributed by atoms with Crippen LogP contribution in [0.25, 0.3) is 0 Å². The highest BCUT2D eigenvalue weighted by atomic mass is 32.2. The summed E-state index contributed by atoms with van der Waals surface area (Å²) in [6.45, 7) is 0. The van der Waals surface area contributed by atoms with Gasteiger partial charge in [-0.05, 0) is 17.5 Å². The second-order valence-corrected chi connectivity index (χ2v) is 6.91. The van der Waals surface area contributed by atoms with Crippen LogP contribution in [0.5, 0.6) is 0 Å². The maximum atomic E-state index is 12.0. The van der Waals surface area contributed by atoms with Gasteiger partial charge in [-0.1, -0.05) is 30.0 Å². The lowest BCUT2D eigenvalue weighted by Gasteiger charge is -2.04. The fourth-order valence-electron chi connectivity index (χ4n) is 2.05. The Bertz CT molecular complexity index is 879. The van der Waals surface area contributed by atoms with Crippen LogP contribution in [-0.4, -0.2) is 31.8 Å². The number of para-hydroxylation sites is 2. The Morgan fingerprint density at radius 1 is 1.32 bits per heavy atom. The van der Waals surface area contributed by atoms with Gasteiger partial charge in [0, 0.05) is 17.4 Å². The highest BCUT2D eigenvalue weighted by Gasteiger charge is 2.15. The first-order valence-electron chi connectivity index (χ1n) is 7.21. The minimum atomic E-state index is -0.533. The number of anilines is 1. The number of rotatable bonds is 7. The van der Waals surface area contributed by atoms with Gasteiger partial charge in [0.2, 0.25) is 11.1 Å². The van der Waals surface area contributed by atoms with Crippen molar-refractivity contribution in [1.82, 2.24) is 15.2 Å². The summed E-state index contributed by atoms with van der Waals surface area (Å²) >= 11 is 2.80. The van der Waals surface area contributed by atoms with Gasteiger partial charge in [0.1, 0.15) is 11.5 Å². The van der Waals surface area contributed by atoms with Gasteiger partial charge in [-0.2, -0.15) is 0 Å². The molecule has 0 saturated heterocycles. The third-order valence-electron chi connectivity index (χ3n) is 3.14. The van der Waals surface area contributed by atoms with E-state index in [1.807, 2.05) is 17.5 Å². The van der Waals surface area contributed by atoms with Crippen LogP contribution in [-0.2, 0) is 11.2 Å². The Hall–Kier alpha value is -2.72. The number of H-pyrrole nitrogens is 1. The molecule has 1 amide bonds. The van der Waals surface area contributed by atoms with Crippen LogP contribution < -0.4 is 5.32 Å². The molecular weight excluding hydrogens is 362 g/mol. The fraction of sp³-hybridized carbons (Fsp3) is 0.133. The lowest BCUT2D eigenvalue weighted by molar-refractivity contribution is -0.383. The highest BCUT2D eigenvalue weighted by Crippen LogP contribution is 2.23. The van der Waals surface area contributed by atoms with Crippen molar-refractivity contribution in [3.63, 3.8) is 0 Å². The summed E-state index contributed by atoms with van der Waals surface area (Å²) in [5.74, 6) is 0.426. The summed E-state index contributed by atoms with van der Waals surface area (Å²) in [5.41, 5.74) is 0.0310. The molecule has 0 aliphatic carbocycles. The molecule has 3 aromatic rings. The summed E-state index contributed by atoms with van der Waals surface area (Å²) in [7, 11) is 0. The molecule has 25 heavy (non-hydrogen) atoms. The molecule has 10 heteroatoms. The van der Waals surface area contributed by atoms with Gasteiger partial charge in [-0.25, -0.2) is 4.98 Å². The Morgan fingerprint density at radius 3 is 2.92 bits per heavy atom. The Kier molecular flexibility index (Phi) is 5.41. The predicted molar refractivity (Wildman–Crippen MR) is 96.0 cm³/mol. The molecule has 2 N–H and O–H groups in total. The summed E-state index contributed by atoms with van der Waals surface area (Å²) in [4.78, 5) is 27.9. The van der Waals surface area contributed by atoms with Gasteiger partial charge in [0.05, 0.1) is 10.7 Å². The predicted octanol–water partition coefficient (Wildman–Crippen LogP) is 3.10. The molecule has 0 bridgehead atoms. The monoisotopic (exact) mass is 375 g/mol. The van der Waals surface area contributed by atoms with Crippen LogP contribution in [0.4, 0.5) is 11.4 Å². The Morgan fingerprint density at radius 2 is 2.16 bits per heavy atom. The van der Waals surface area contributed by atoms with E-state index in [9.17, 15) is 14.9 Å². The second kappa shape index (κ2) is 7.90. The van der Waals surface area contributed by atoms with Crippen molar-refractivity contribution in [1.29, 1.82) is 0 Å². The standard InChI is InChI=1S/C15H13N5O3S2/c21-14(16-11-5-1-2-6-12(11)20(22)23)9-25-15-17-13(18-19-15)8-10-4-3-7-24-10/h1-7H,8-9H2,(H,16,21)(H,17,18,19). The first kappa shape index (κ1) is 17.1. The minimum absolute atomic E-state index is 0.0579. The van der Waals surface area contributed by atoms with Crippen molar-refractivity contribution in [2.45, 2.75) is 11.6 Å². The zero-order chi connectivity index (χ0) is 17.6. The lowest BCUT2D eigenvalue weighted by Crippen LogP contribution is -2.15. The second-order valence-electron chi connectivity index (χ2n) is 4.93. The number of thiophene rings is 1. The van der Waals surface area contributed by atoms with E-state index in [0.717, 1.165) is 17.6 Å². The lowest BCUT2D eigenvalue weighted by atomic mass is 10.2. The maximum absolute atomic E-state index is 12.0. The van der Waals surface area contributed by atoms with Crippen molar-refractivity contribution >= 4 is 40.4 Å². The fourth-order valence-corrected chi connectivity index (χ4v) is 3.38. The number of thioether (sulfide) groups is 1. The van der Waals surface area contributed by atoms with Crippen molar-refractivity contribution < 1.29 is 9.72 Å². The number of nitro groups is 1.